The molecule has 1 aromatic heterocycles. The summed E-state index contributed by atoms with van der Waals surface area (Å²) >= 11 is 2.90. The number of aryl methyl sites for hydroxylation is 1. The summed E-state index contributed by atoms with van der Waals surface area (Å²) in [6, 6.07) is 13.4. The fourth-order valence-electron chi connectivity index (χ4n) is 3.15. The lowest BCUT2D eigenvalue weighted by molar-refractivity contribution is -0.114. The van der Waals surface area contributed by atoms with Crippen LogP contribution >= 0.6 is 23.1 Å². The van der Waals surface area contributed by atoms with Gasteiger partial charge in [0, 0.05) is 24.5 Å². The molecule has 3 aromatic rings. The van der Waals surface area contributed by atoms with Crippen LogP contribution in [0, 0.1) is 6.92 Å². The van der Waals surface area contributed by atoms with Crippen LogP contribution in [0.2, 0.25) is 0 Å². The molecule has 0 radical (unpaired) electrons. The lowest BCUT2D eigenvalue weighted by Crippen LogP contribution is -2.36. The van der Waals surface area contributed by atoms with Gasteiger partial charge >= 0.3 is 0 Å². The second-order valence-corrected chi connectivity index (χ2v) is 9.23. The number of hydrogen-bond donors (Lipinski definition) is 2. The van der Waals surface area contributed by atoms with Gasteiger partial charge in [0.05, 0.1) is 34.9 Å². The molecule has 7 nitrogen and oxygen atoms in total. The van der Waals surface area contributed by atoms with Crippen LogP contribution in [-0.2, 0) is 14.3 Å². The van der Waals surface area contributed by atoms with Gasteiger partial charge < -0.3 is 20.3 Å². The summed E-state index contributed by atoms with van der Waals surface area (Å²) in [5.74, 6) is 0.174. The molecule has 2 amide bonds. The summed E-state index contributed by atoms with van der Waals surface area (Å²) in [4.78, 5) is 31.2. The third-order valence-electron chi connectivity index (χ3n) is 4.74. The van der Waals surface area contributed by atoms with Crippen molar-refractivity contribution in [3.8, 4) is 0 Å². The van der Waals surface area contributed by atoms with Crippen LogP contribution in [0.25, 0.3) is 10.2 Å². The number of benzene rings is 2. The topological polar surface area (TPSA) is 83.6 Å². The van der Waals surface area contributed by atoms with E-state index < -0.39 is 0 Å². The van der Waals surface area contributed by atoms with Crippen molar-refractivity contribution in [2.75, 3.05) is 53.3 Å². The number of anilines is 3. The lowest BCUT2D eigenvalue weighted by Gasteiger charge is -2.25. The van der Waals surface area contributed by atoms with Gasteiger partial charge in [-0.1, -0.05) is 29.0 Å². The van der Waals surface area contributed by atoms with E-state index in [1.165, 1.54) is 11.8 Å². The Balaban J connectivity index is 1.26. The molecule has 31 heavy (non-hydrogen) atoms. The van der Waals surface area contributed by atoms with Crippen LogP contribution in [0.3, 0.4) is 0 Å². The Morgan fingerprint density at radius 1 is 1.03 bits per heavy atom. The van der Waals surface area contributed by atoms with Crippen LogP contribution in [0.4, 0.5) is 16.5 Å². The molecule has 1 saturated heterocycles. The first-order valence-electron chi connectivity index (χ1n) is 10.0. The maximum absolute atomic E-state index is 12.3. The van der Waals surface area contributed by atoms with E-state index in [0.717, 1.165) is 58.6 Å². The Hall–Kier alpha value is -2.62. The van der Waals surface area contributed by atoms with Gasteiger partial charge in [-0.2, -0.15) is 0 Å². The highest BCUT2D eigenvalue weighted by Crippen LogP contribution is 2.31. The summed E-state index contributed by atoms with van der Waals surface area (Å²) < 4.78 is 6.43. The summed E-state index contributed by atoms with van der Waals surface area (Å²) in [7, 11) is 0. The van der Waals surface area contributed by atoms with Crippen LogP contribution in [0.15, 0.2) is 42.5 Å². The van der Waals surface area contributed by atoms with E-state index in [-0.39, 0.29) is 23.3 Å². The molecule has 9 heteroatoms. The number of ether oxygens (including phenoxy) is 1. The number of hydrogen-bond acceptors (Lipinski definition) is 7. The van der Waals surface area contributed by atoms with Crippen molar-refractivity contribution in [1.29, 1.82) is 0 Å². The molecule has 1 fully saturated rings. The van der Waals surface area contributed by atoms with E-state index >= 15 is 0 Å². The molecule has 2 heterocycles. The normalized spacial score (nSPS) is 13.9. The second kappa shape index (κ2) is 10.1. The first-order chi connectivity index (χ1) is 15.1. The fourth-order valence-corrected chi connectivity index (χ4v) is 4.82. The molecular weight excluding hydrogens is 432 g/mol. The Kier molecular flexibility index (Phi) is 7.06. The molecule has 0 bridgehead atoms. The average Bonchev–Trinajstić information content (AvgIpc) is 3.19. The Morgan fingerprint density at radius 2 is 1.68 bits per heavy atom. The molecule has 1 aliphatic rings. The SMILES string of the molecule is Cc1ccc(NC(=O)CSCC(=O)Nc2ccc3nc(N4CCOCC4)sc3c2)cc1. The van der Waals surface area contributed by atoms with Crippen LogP contribution in [0.1, 0.15) is 5.56 Å². The zero-order chi connectivity index (χ0) is 21.6. The Morgan fingerprint density at radius 3 is 2.39 bits per heavy atom. The summed E-state index contributed by atoms with van der Waals surface area (Å²) in [6.45, 7) is 5.13. The van der Waals surface area contributed by atoms with E-state index in [2.05, 4.69) is 15.5 Å². The largest absolute Gasteiger partial charge is 0.378 e. The molecule has 0 spiro atoms. The van der Waals surface area contributed by atoms with E-state index in [9.17, 15) is 9.59 Å². The zero-order valence-corrected chi connectivity index (χ0v) is 18.9. The van der Waals surface area contributed by atoms with Crippen molar-refractivity contribution in [2.24, 2.45) is 0 Å². The minimum atomic E-state index is -0.134. The molecule has 0 aliphatic carbocycles. The van der Waals surface area contributed by atoms with E-state index in [1.807, 2.05) is 49.4 Å². The zero-order valence-electron chi connectivity index (χ0n) is 17.2. The van der Waals surface area contributed by atoms with Gasteiger partial charge in [-0.3, -0.25) is 9.59 Å². The highest BCUT2D eigenvalue weighted by atomic mass is 32.2. The predicted octanol–water partition coefficient (Wildman–Crippen LogP) is 3.75. The first-order valence-corrected chi connectivity index (χ1v) is 12.0. The number of aromatic nitrogens is 1. The van der Waals surface area contributed by atoms with Crippen molar-refractivity contribution in [3.63, 3.8) is 0 Å². The number of nitrogens with one attached hydrogen (secondary N) is 2. The van der Waals surface area contributed by atoms with Gasteiger partial charge in [0.25, 0.3) is 0 Å². The van der Waals surface area contributed by atoms with Crippen LogP contribution in [0.5, 0.6) is 0 Å². The number of thioether (sulfide) groups is 1. The minimum absolute atomic E-state index is 0.122. The van der Waals surface area contributed by atoms with Crippen molar-refractivity contribution in [3.05, 3.63) is 48.0 Å². The number of carbonyl (C=O) groups excluding carboxylic acids is 2. The molecule has 0 saturated carbocycles. The number of fused-ring (bicyclic) bond motifs is 1. The van der Waals surface area contributed by atoms with Gasteiger partial charge in [-0.15, -0.1) is 11.8 Å². The molecule has 162 valence electrons. The quantitative estimate of drug-likeness (QED) is 0.563. The average molecular weight is 457 g/mol. The van der Waals surface area contributed by atoms with E-state index in [0.29, 0.717) is 0 Å². The lowest BCUT2D eigenvalue weighted by atomic mass is 10.2. The molecule has 0 atom stereocenters. The van der Waals surface area contributed by atoms with Gasteiger partial charge in [-0.25, -0.2) is 4.98 Å². The maximum atomic E-state index is 12.3. The molecular formula is C22H24N4O3S2. The highest BCUT2D eigenvalue weighted by Gasteiger charge is 2.16. The van der Waals surface area contributed by atoms with Crippen molar-refractivity contribution in [2.45, 2.75) is 6.92 Å². The van der Waals surface area contributed by atoms with Crippen molar-refractivity contribution in [1.82, 2.24) is 4.98 Å². The fraction of sp³-hybridized carbons (Fsp3) is 0.318. The van der Waals surface area contributed by atoms with Gasteiger partial charge in [-0.05, 0) is 37.3 Å². The van der Waals surface area contributed by atoms with E-state index in [1.54, 1.807) is 11.3 Å². The minimum Gasteiger partial charge on any atom is -0.378 e. The molecule has 1 aliphatic heterocycles. The summed E-state index contributed by atoms with van der Waals surface area (Å²) in [6.07, 6.45) is 0. The second-order valence-electron chi connectivity index (χ2n) is 7.23. The van der Waals surface area contributed by atoms with E-state index in [4.69, 9.17) is 9.72 Å². The third kappa shape index (κ3) is 5.96. The van der Waals surface area contributed by atoms with Crippen molar-refractivity contribution >= 4 is 61.6 Å². The van der Waals surface area contributed by atoms with Gasteiger partial charge in [0.15, 0.2) is 5.13 Å². The summed E-state index contributed by atoms with van der Waals surface area (Å²) in [5, 5.41) is 6.72. The smallest absolute Gasteiger partial charge is 0.234 e. The van der Waals surface area contributed by atoms with Crippen molar-refractivity contribution < 1.29 is 14.3 Å². The monoisotopic (exact) mass is 456 g/mol. The molecule has 2 aromatic carbocycles. The maximum Gasteiger partial charge on any atom is 0.234 e. The molecule has 2 N–H and O–H groups in total. The highest BCUT2D eigenvalue weighted by molar-refractivity contribution is 8.00. The Labute approximate surface area is 189 Å². The number of nitrogens with zero attached hydrogens (tertiary/aromatic N) is 2. The Bertz CT molecular complexity index is 1060. The summed E-state index contributed by atoms with van der Waals surface area (Å²) in [5.41, 5.74) is 3.55. The standard InChI is InChI=1S/C22H24N4O3S2/c1-15-2-4-16(5-3-15)23-20(27)13-30-14-21(28)24-17-6-7-18-19(12-17)31-22(25-18)26-8-10-29-11-9-26/h2-7,12H,8-11,13-14H2,1H3,(H,23,27)(H,24,28). The third-order valence-corrected chi connectivity index (χ3v) is 6.76. The number of thiazole rings is 1. The van der Waals surface area contributed by atoms with Gasteiger partial charge in [0.1, 0.15) is 0 Å². The number of carbonyl (C=O) groups is 2. The number of rotatable bonds is 7. The molecule has 4 rings (SSSR count). The first kappa shape index (κ1) is 21.6. The van der Waals surface area contributed by atoms with Crippen LogP contribution < -0.4 is 15.5 Å². The van der Waals surface area contributed by atoms with Gasteiger partial charge in [0.2, 0.25) is 11.8 Å². The molecule has 0 unspecified atom stereocenters. The number of morpholine rings is 1. The predicted molar refractivity (Wildman–Crippen MR) is 128 cm³/mol. The van der Waals surface area contributed by atoms with Crippen LogP contribution in [-0.4, -0.2) is 54.6 Å². The number of amides is 2.